The second-order valence-electron chi connectivity index (χ2n) is 8.97. The van der Waals surface area contributed by atoms with Gasteiger partial charge in [-0.3, -0.25) is 4.79 Å². The summed E-state index contributed by atoms with van der Waals surface area (Å²) in [6.45, 7) is 12.2. The van der Waals surface area contributed by atoms with E-state index in [4.69, 9.17) is 4.42 Å². The number of halogens is 1. The summed E-state index contributed by atoms with van der Waals surface area (Å²) in [4.78, 5) is 15.8. The summed E-state index contributed by atoms with van der Waals surface area (Å²) in [5.74, 6) is 1.82. The fourth-order valence-corrected chi connectivity index (χ4v) is 3.23. The Balaban J connectivity index is 2.16. The van der Waals surface area contributed by atoms with Crippen LogP contribution in [0, 0.1) is 5.41 Å². The zero-order valence-corrected chi connectivity index (χ0v) is 18.3. The van der Waals surface area contributed by atoms with Crippen molar-refractivity contribution in [1.29, 1.82) is 0 Å². The molecule has 0 atom stereocenters. The predicted octanol–water partition coefficient (Wildman–Crippen LogP) is 7.12. The molecule has 3 nitrogen and oxygen atoms in total. The predicted molar refractivity (Wildman–Crippen MR) is 116 cm³/mol. The number of fused-ring (bicyclic) bond motifs is 1. The highest BCUT2D eigenvalue weighted by Gasteiger charge is 2.22. The van der Waals surface area contributed by atoms with Crippen molar-refractivity contribution in [1.82, 2.24) is 4.98 Å². The first-order chi connectivity index (χ1) is 12.5. The lowest BCUT2D eigenvalue weighted by molar-refractivity contribution is -0.121. The molecule has 0 aliphatic rings. The molecule has 0 bridgehead atoms. The number of H-pyrrole nitrogens is 1. The lowest BCUT2D eigenvalue weighted by Gasteiger charge is -2.14. The summed E-state index contributed by atoms with van der Waals surface area (Å²) in [6, 6.07) is 10.2. The van der Waals surface area contributed by atoms with Gasteiger partial charge in [0.15, 0.2) is 5.78 Å². The largest absolute Gasteiger partial charge is 0.460 e. The maximum atomic E-state index is 12.4. The number of benzene rings is 1. The van der Waals surface area contributed by atoms with Gasteiger partial charge in [-0.05, 0) is 36.4 Å². The summed E-state index contributed by atoms with van der Waals surface area (Å²) >= 11 is 3.53. The van der Waals surface area contributed by atoms with Gasteiger partial charge in [-0.2, -0.15) is 0 Å². The van der Waals surface area contributed by atoms with Gasteiger partial charge >= 0.3 is 0 Å². The number of carbonyl (C=O) groups is 1. The van der Waals surface area contributed by atoms with E-state index in [1.165, 1.54) is 0 Å². The molecular formula is C23H26BrNO2. The molecule has 0 amide bonds. The van der Waals surface area contributed by atoms with Crippen molar-refractivity contribution in [2.45, 2.75) is 47.0 Å². The summed E-state index contributed by atoms with van der Waals surface area (Å²) in [6.07, 6.45) is 3.51. The third-order valence-corrected chi connectivity index (χ3v) is 5.02. The van der Waals surface area contributed by atoms with Gasteiger partial charge in [0.2, 0.25) is 0 Å². The molecule has 2 aromatic heterocycles. The number of aromatic nitrogens is 1. The molecule has 0 saturated carbocycles. The first-order valence-electron chi connectivity index (χ1n) is 9.11. The normalized spacial score (nSPS) is 13.0. The number of allylic oxidation sites excluding steroid dienone is 1. The molecule has 0 unspecified atom stereocenters. The highest BCUT2D eigenvalue weighted by atomic mass is 79.9. The SMILES string of the molecule is CC(C)(C)C(=O)/C=C/c1[nH]c2cc(Br)ccc2c1-c1ccc(C(C)(C)C)o1. The van der Waals surface area contributed by atoms with E-state index in [2.05, 4.69) is 47.8 Å². The number of ketones is 1. The van der Waals surface area contributed by atoms with Crippen LogP contribution in [0.4, 0.5) is 0 Å². The first-order valence-corrected chi connectivity index (χ1v) is 9.90. The monoisotopic (exact) mass is 427 g/mol. The van der Waals surface area contributed by atoms with Crippen LogP contribution in [0.5, 0.6) is 0 Å². The molecule has 1 N–H and O–H groups in total. The Labute approximate surface area is 169 Å². The summed E-state index contributed by atoms with van der Waals surface area (Å²) in [5, 5.41) is 1.07. The number of hydrogen-bond acceptors (Lipinski definition) is 2. The van der Waals surface area contributed by atoms with Crippen LogP contribution >= 0.6 is 15.9 Å². The minimum Gasteiger partial charge on any atom is -0.460 e. The molecule has 0 aliphatic carbocycles. The van der Waals surface area contributed by atoms with E-state index >= 15 is 0 Å². The van der Waals surface area contributed by atoms with E-state index in [9.17, 15) is 4.79 Å². The molecule has 3 rings (SSSR count). The Hall–Kier alpha value is -2.07. The number of aromatic amines is 1. The standard InChI is InChI=1S/C23H26BrNO2/c1-22(2,3)19(26)11-9-16-21(15-8-7-14(24)13-17(15)25-16)18-10-12-20(27-18)23(4,5)6/h7-13,25H,1-6H3/b11-9+. The number of nitrogens with one attached hydrogen (secondary N) is 1. The van der Waals surface area contributed by atoms with Crippen LogP contribution < -0.4 is 0 Å². The van der Waals surface area contributed by atoms with Crippen molar-refractivity contribution in [2.75, 3.05) is 0 Å². The van der Waals surface area contributed by atoms with Gasteiger partial charge in [0.25, 0.3) is 0 Å². The Morgan fingerprint density at radius 3 is 2.37 bits per heavy atom. The molecular weight excluding hydrogens is 402 g/mol. The molecule has 4 heteroatoms. The molecule has 0 aliphatic heterocycles. The lowest BCUT2D eigenvalue weighted by Crippen LogP contribution is -2.17. The number of furan rings is 1. The molecule has 0 saturated heterocycles. The van der Waals surface area contributed by atoms with E-state index in [-0.39, 0.29) is 11.2 Å². The minimum atomic E-state index is -0.407. The van der Waals surface area contributed by atoms with Crippen molar-refractivity contribution >= 4 is 38.7 Å². The molecule has 0 fully saturated rings. The average molecular weight is 428 g/mol. The minimum absolute atomic E-state index is 0.0639. The Kier molecular flexibility index (Phi) is 4.98. The lowest BCUT2D eigenvalue weighted by atomic mass is 9.90. The quantitative estimate of drug-likeness (QED) is 0.452. The molecule has 0 spiro atoms. The van der Waals surface area contributed by atoms with E-state index < -0.39 is 5.41 Å². The summed E-state index contributed by atoms with van der Waals surface area (Å²) in [5.41, 5.74) is 2.37. The smallest absolute Gasteiger partial charge is 0.161 e. The average Bonchev–Trinajstić information content (AvgIpc) is 3.14. The van der Waals surface area contributed by atoms with Gasteiger partial charge in [-0.1, -0.05) is 63.5 Å². The topological polar surface area (TPSA) is 46.0 Å². The number of carbonyl (C=O) groups excluding carboxylic acids is 1. The summed E-state index contributed by atoms with van der Waals surface area (Å²) in [7, 11) is 0. The molecule has 2 heterocycles. The Morgan fingerprint density at radius 2 is 1.78 bits per heavy atom. The maximum absolute atomic E-state index is 12.4. The van der Waals surface area contributed by atoms with E-state index in [1.54, 1.807) is 6.08 Å². The molecule has 3 aromatic rings. The van der Waals surface area contributed by atoms with E-state index in [0.717, 1.165) is 38.2 Å². The molecule has 142 valence electrons. The fourth-order valence-electron chi connectivity index (χ4n) is 2.87. The number of hydrogen-bond donors (Lipinski definition) is 1. The van der Waals surface area contributed by atoms with Gasteiger partial charge in [0, 0.05) is 31.8 Å². The summed E-state index contributed by atoms with van der Waals surface area (Å²) < 4.78 is 7.19. The van der Waals surface area contributed by atoms with Crippen molar-refractivity contribution in [3.05, 3.63) is 52.3 Å². The Bertz CT molecular complexity index is 1020. The highest BCUT2D eigenvalue weighted by Crippen LogP contribution is 2.37. The zero-order valence-electron chi connectivity index (χ0n) is 16.7. The third kappa shape index (κ3) is 4.11. The van der Waals surface area contributed by atoms with Gasteiger partial charge in [-0.15, -0.1) is 0 Å². The van der Waals surface area contributed by atoms with Crippen LogP contribution in [0.3, 0.4) is 0 Å². The van der Waals surface area contributed by atoms with Gasteiger partial charge < -0.3 is 9.40 Å². The second-order valence-corrected chi connectivity index (χ2v) is 9.88. The van der Waals surface area contributed by atoms with Crippen molar-refractivity contribution in [2.24, 2.45) is 5.41 Å². The van der Waals surface area contributed by atoms with Crippen molar-refractivity contribution in [3.63, 3.8) is 0 Å². The van der Waals surface area contributed by atoms with E-state index in [1.807, 2.05) is 51.1 Å². The highest BCUT2D eigenvalue weighted by molar-refractivity contribution is 9.10. The molecule has 0 radical (unpaired) electrons. The Morgan fingerprint density at radius 1 is 1.07 bits per heavy atom. The van der Waals surface area contributed by atoms with Gasteiger partial charge in [-0.25, -0.2) is 0 Å². The maximum Gasteiger partial charge on any atom is 0.161 e. The molecule has 1 aromatic carbocycles. The van der Waals surface area contributed by atoms with Crippen molar-refractivity contribution < 1.29 is 9.21 Å². The first kappa shape index (κ1) is 19.7. The third-order valence-electron chi connectivity index (χ3n) is 4.52. The zero-order chi connectivity index (χ0) is 20.0. The van der Waals surface area contributed by atoms with Crippen LogP contribution in [0.25, 0.3) is 28.3 Å². The van der Waals surface area contributed by atoms with Crippen LogP contribution in [-0.2, 0) is 10.2 Å². The van der Waals surface area contributed by atoms with Gasteiger partial charge in [0.05, 0.1) is 5.69 Å². The van der Waals surface area contributed by atoms with Gasteiger partial charge in [0.1, 0.15) is 11.5 Å². The van der Waals surface area contributed by atoms with Crippen LogP contribution in [0.2, 0.25) is 0 Å². The van der Waals surface area contributed by atoms with E-state index in [0.29, 0.717) is 0 Å². The number of rotatable bonds is 3. The second kappa shape index (κ2) is 6.83. The van der Waals surface area contributed by atoms with Crippen LogP contribution in [0.1, 0.15) is 53.0 Å². The fraction of sp³-hybridized carbons (Fsp3) is 0.348. The van der Waals surface area contributed by atoms with Crippen LogP contribution in [0.15, 0.2) is 45.3 Å². The molecule has 27 heavy (non-hydrogen) atoms. The van der Waals surface area contributed by atoms with Crippen LogP contribution in [-0.4, -0.2) is 10.8 Å². The van der Waals surface area contributed by atoms with Crippen molar-refractivity contribution in [3.8, 4) is 11.3 Å².